The standard InChI is InChI=1S/C6H7IOS/c1-4-5(8-2)3-6(7)9-4/h3H,1-2H3. The van der Waals surface area contributed by atoms with Gasteiger partial charge in [-0.3, -0.25) is 0 Å². The quantitative estimate of drug-likeness (QED) is 0.700. The lowest BCUT2D eigenvalue weighted by Crippen LogP contribution is -1.79. The summed E-state index contributed by atoms with van der Waals surface area (Å²) in [6, 6.07) is 2.04. The van der Waals surface area contributed by atoms with Crippen molar-refractivity contribution in [3.8, 4) is 5.75 Å². The lowest BCUT2D eigenvalue weighted by atomic mass is 10.5. The summed E-state index contributed by atoms with van der Waals surface area (Å²) in [5.74, 6) is 1.00. The van der Waals surface area contributed by atoms with Gasteiger partial charge in [0.15, 0.2) is 0 Å². The summed E-state index contributed by atoms with van der Waals surface area (Å²) in [6.07, 6.45) is 0. The van der Waals surface area contributed by atoms with Crippen molar-refractivity contribution in [1.82, 2.24) is 0 Å². The topological polar surface area (TPSA) is 9.23 Å². The van der Waals surface area contributed by atoms with Gasteiger partial charge in [0.05, 0.1) is 9.99 Å². The predicted octanol–water partition coefficient (Wildman–Crippen LogP) is 2.67. The molecule has 0 aliphatic rings. The maximum absolute atomic E-state index is 5.07. The third-order valence-electron chi connectivity index (χ3n) is 1.06. The Morgan fingerprint density at radius 2 is 2.33 bits per heavy atom. The van der Waals surface area contributed by atoms with Crippen molar-refractivity contribution in [2.24, 2.45) is 0 Å². The molecule has 9 heavy (non-hydrogen) atoms. The molecule has 0 amide bonds. The van der Waals surface area contributed by atoms with Crippen LogP contribution in [0, 0.1) is 9.81 Å². The molecule has 0 atom stereocenters. The van der Waals surface area contributed by atoms with Crippen molar-refractivity contribution < 1.29 is 4.74 Å². The van der Waals surface area contributed by atoms with E-state index in [2.05, 4.69) is 29.5 Å². The van der Waals surface area contributed by atoms with Crippen LogP contribution in [0.15, 0.2) is 6.07 Å². The monoisotopic (exact) mass is 254 g/mol. The van der Waals surface area contributed by atoms with Crippen molar-refractivity contribution in [1.29, 1.82) is 0 Å². The highest BCUT2D eigenvalue weighted by Crippen LogP contribution is 2.28. The lowest BCUT2D eigenvalue weighted by Gasteiger charge is -1.92. The van der Waals surface area contributed by atoms with Crippen LogP contribution >= 0.6 is 33.9 Å². The van der Waals surface area contributed by atoms with Crippen LogP contribution in [0.5, 0.6) is 5.75 Å². The zero-order valence-corrected chi connectivity index (χ0v) is 8.25. The number of methoxy groups -OCH3 is 1. The van der Waals surface area contributed by atoms with Gasteiger partial charge in [0.25, 0.3) is 0 Å². The van der Waals surface area contributed by atoms with Gasteiger partial charge in [-0.2, -0.15) is 0 Å². The second kappa shape index (κ2) is 2.88. The summed E-state index contributed by atoms with van der Waals surface area (Å²) in [5.41, 5.74) is 0. The molecule has 0 unspecified atom stereocenters. The molecule has 0 bridgehead atoms. The second-order valence-corrected chi connectivity index (χ2v) is 4.83. The van der Waals surface area contributed by atoms with E-state index in [0.717, 1.165) is 5.75 Å². The molecule has 0 fully saturated rings. The summed E-state index contributed by atoms with van der Waals surface area (Å²) < 4.78 is 6.35. The molecular weight excluding hydrogens is 247 g/mol. The van der Waals surface area contributed by atoms with Crippen LogP contribution in [-0.2, 0) is 0 Å². The molecule has 50 valence electrons. The highest BCUT2D eigenvalue weighted by atomic mass is 127. The fourth-order valence-corrected chi connectivity index (χ4v) is 2.61. The van der Waals surface area contributed by atoms with Crippen molar-refractivity contribution in [3.63, 3.8) is 0 Å². The average Bonchev–Trinajstić information content (AvgIpc) is 2.10. The molecule has 0 aromatic carbocycles. The first-order chi connectivity index (χ1) is 4.24. The van der Waals surface area contributed by atoms with Gasteiger partial charge in [-0.05, 0) is 29.5 Å². The molecule has 1 aromatic rings. The van der Waals surface area contributed by atoms with E-state index in [4.69, 9.17) is 4.74 Å². The fraction of sp³-hybridized carbons (Fsp3) is 0.333. The number of aryl methyl sites for hydroxylation is 1. The Labute approximate surface area is 72.2 Å². The second-order valence-electron chi connectivity index (χ2n) is 1.68. The zero-order chi connectivity index (χ0) is 6.85. The van der Waals surface area contributed by atoms with E-state index >= 15 is 0 Å². The van der Waals surface area contributed by atoms with Crippen LogP contribution in [0.2, 0.25) is 0 Å². The van der Waals surface area contributed by atoms with Gasteiger partial charge < -0.3 is 4.74 Å². The minimum absolute atomic E-state index is 1.00. The van der Waals surface area contributed by atoms with E-state index in [-0.39, 0.29) is 0 Å². The molecule has 1 nitrogen and oxygen atoms in total. The number of hydrogen-bond donors (Lipinski definition) is 0. The van der Waals surface area contributed by atoms with Crippen LogP contribution < -0.4 is 4.74 Å². The van der Waals surface area contributed by atoms with Gasteiger partial charge >= 0.3 is 0 Å². The third kappa shape index (κ3) is 1.58. The first-order valence-corrected chi connectivity index (χ1v) is 4.43. The third-order valence-corrected chi connectivity index (χ3v) is 2.85. The van der Waals surface area contributed by atoms with E-state index in [1.165, 1.54) is 7.76 Å². The van der Waals surface area contributed by atoms with Crippen LogP contribution in [0.4, 0.5) is 0 Å². The molecule has 0 saturated heterocycles. The number of ether oxygens (including phenoxy) is 1. The van der Waals surface area contributed by atoms with E-state index in [0.29, 0.717) is 0 Å². The molecule has 1 heterocycles. The molecule has 0 spiro atoms. The summed E-state index contributed by atoms with van der Waals surface area (Å²) in [5, 5.41) is 0. The van der Waals surface area contributed by atoms with Gasteiger partial charge in [0.2, 0.25) is 0 Å². The Bertz CT molecular complexity index is 207. The van der Waals surface area contributed by atoms with Crippen LogP contribution in [0.25, 0.3) is 0 Å². The van der Waals surface area contributed by atoms with Crippen molar-refractivity contribution in [3.05, 3.63) is 13.8 Å². The van der Waals surface area contributed by atoms with Gasteiger partial charge in [-0.15, -0.1) is 11.3 Å². The molecule has 1 aromatic heterocycles. The van der Waals surface area contributed by atoms with Crippen molar-refractivity contribution in [2.75, 3.05) is 7.11 Å². The maximum atomic E-state index is 5.07. The predicted molar refractivity (Wildman–Crippen MR) is 48.3 cm³/mol. The summed E-state index contributed by atoms with van der Waals surface area (Å²) >= 11 is 4.04. The maximum Gasteiger partial charge on any atom is 0.133 e. The Balaban J connectivity index is 3.01. The Morgan fingerprint density at radius 3 is 2.56 bits per heavy atom. The first kappa shape index (κ1) is 7.34. The smallest absolute Gasteiger partial charge is 0.133 e. The molecule has 0 radical (unpaired) electrons. The Morgan fingerprint density at radius 1 is 1.67 bits per heavy atom. The Kier molecular flexibility index (Phi) is 2.35. The first-order valence-electron chi connectivity index (χ1n) is 2.54. The van der Waals surface area contributed by atoms with Crippen molar-refractivity contribution >= 4 is 33.9 Å². The fourth-order valence-electron chi connectivity index (χ4n) is 0.633. The number of hydrogen-bond acceptors (Lipinski definition) is 2. The number of rotatable bonds is 1. The van der Waals surface area contributed by atoms with Crippen LogP contribution in [-0.4, -0.2) is 7.11 Å². The van der Waals surface area contributed by atoms with Gasteiger partial charge in [0, 0.05) is 10.9 Å². The molecule has 1 rings (SSSR count). The van der Waals surface area contributed by atoms with E-state index in [9.17, 15) is 0 Å². The summed E-state index contributed by atoms with van der Waals surface area (Å²) in [7, 11) is 1.70. The minimum atomic E-state index is 1.00. The summed E-state index contributed by atoms with van der Waals surface area (Å²) in [6.45, 7) is 2.06. The van der Waals surface area contributed by atoms with Crippen LogP contribution in [0.3, 0.4) is 0 Å². The molecular formula is C6H7IOS. The van der Waals surface area contributed by atoms with Crippen LogP contribution in [0.1, 0.15) is 4.88 Å². The van der Waals surface area contributed by atoms with E-state index in [1.807, 2.05) is 6.07 Å². The van der Waals surface area contributed by atoms with Gasteiger partial charge in [-0.1, -0.05) is 0 Å². The Hall–Kier alpha value is 0.230. The normalized spacial score (nSPS) is 9.67. The zero-order valence-electron chi connectivity index (χ0n) is 5.27. The minimum Gasteiger partial charge on any atom is -0.496 e. The van der Waals surface area contributed by atoms with Gasteiger partial charge in [0.1, 0.15) is 5.75 Å². The summed E-state index contributed by atoms with van der Waals surface area (Å²) in [4.78, 5) is 1.25. The van der Waals surface area contributed by atoms with E-state index in [1.54, 1.807) is 18.4 Å². The number of thiophene rings is 1. The van der Waals surface area contributed by atoms with Gasteiger partial charge in [-0.25, -0.2) is 0 Å². The molecule has 0 N–H and O–H groups in total. The highest BCUT2D eigenvalue weighted by molar-refractivity contribution is 14.1. The molecule has 0 aliphatic heterocycles. The lowest BCUT2D eigenvalue weighted by molar-refractivity contribution is 0.414. The van der Waals surface area contributed by atoms with Crippen molar-refractivity contribution in [2.45, 2.75) is 6.92 Å². The average molecular weight is 254 g/mol. The molecule has 0 aliphatic carbocycles. The molecule has 0 saturated carbocycles. The molecule has 3 heteroatoms. The van der Waals surface area contributed by atoms with E-state index < -0.39 is 0 Å². The number of halogens is 1. The largest absolute Gasteiger partial charge is 0.496 e. The SMILES string of the molecule is COc1cc(I)sc1C. The highest BCUT2D eigenvalue weighted by Gasteiger charge is 2.00.